The van der Waals surface area contributed by atoms with Gasteiger partial charge in [-0.05, 0) is 19.8 Å². The molecule has 0 aromatic carbocycles. The van der Waals surface area contributed by atoms with Crippen LogP contribution in [0.1, 0.15) is 40.0 Å². The minimum absolute atomic E-state index is 0.0338. The molecule has 0 unspecified atom stereocenters. The number of unbranched alkanes of at least 4 members (excludes halogenated alkanes) is 1. The average molecular weight is 217 g/mol. The van der Waals surface area contributed by atoms with Crippen LogP contribution in [0, 0.1) is 0 Å². The maximum Gasteiger partial charge on any atom is 0.246 e. The predicted molar refractivity (Wildman–Crippen MR) is 61.2 cm³/mol. The lowest BCUT2D eigenvalue weighted by Crippen LogP contribution is -2.24. The Morgan fingerprint density at radius 1 is 1.40 bits per heavy atom. The summed E-state index contributed by atoms with van der Waals surface area (Å²) in [6, 6.07) is 0. The molecule has 0 rings (SSSR count). The zero-order chi connectivity index (χ0) is 12.3. The van der Waals surface area contributed by atoms with E-state index in [-0.39, 0.29) is 5.91 Å². The molecule has 0 saturated heterocycles. The maximum absolute atomic E-state index is 10.8. The number of hydrogen-bond acceptors (Lipinski definition) is 3. The lowest BCUT2D eigenvalue weighted by molar-refractivity contribution is -0.117. The third-order valence-corrected chi connectivity index (χ3v) is 1.57. The first-order valence-electron chi connectivity index (χ1n) is 5.25. The molecular weight excluding hydrogens is 194 g/mol. The van der Waals surface area contributed by atoms with Crippen LogP contribution < -0.4 is 5.32 Å². The molecule has 0 radical (unpaired) electrons. The molecule has 0 saturated carbocycles. The molecule has 0 aromatic rings. The molecule has 0 aromatic heterocycles. The first-order chi connectivity index (χ1) is 6.95. The second-order valence-corrected chi connectivity index (χ2v) is 3.28. The summed E-state index contributed by atoms with van der Waals surface area (Å²) in [5, 5.41) is 18.6. The van der Waals surface area contributed by atoms with E-state index in [1.807, 2.05) is 0 Å². The van der Waals surface area contributed by atoms with Crippen LogP contribution in [-0.2, 0) is 4.79 Å². The van der Waals surface area contributed by atoms with Crippen molar-refractivity contribution < 1.29 is 15.0 Å². The average Bonchev–Trinajstić information content (AvgIpc) is 2.18. The third kappa shape index (κ3) is 15.9. The van der Waals surface area contributed by atoms with Crippen LogP contribution in [0.5, 0.6) is 0 Å². The van der Waals surface area contributed by atoms with Crippen molar-refractivity contribution in [1.82, 2.24) is 5.32 Å². The first-order valence-corrected chi connectivity index (χ1v) is 5.25. The quantitative estimate of drug-likeness (QED) is 0.368. The molecule has 4 nitrogen and oxygen atoms in total. The van der Waals surface area contributed by atoms with Crippen molar-refractivity contribution in [3.8, 4) is 0 Å². The SMILES string of the molecule is C=C(C)C(=O)NCCCC.CCC(O)O. The maximum atomic E-state index is 10.8. The molecule has 0 aliphatic rings. The number of aliphatic hydroxyl groups excluding tert-OH is 1. The van der Waals surface area contributed by atoms with Gasteiger partial charge in [0.25, 0.3) is 0 Å². The molecule has 15 heavy (non-hydrogen) atoms. The highest BCUT2D eigenvalue weighted by Gasteiger charge is 1.97. The van der Waals surface area contributed by atoms with Crippen molar-refractivity contribution in [1.29, 1.82) is 0 Å². The van der Waals surface area contributed by atoms with Crippen molar-refractivity contribution in [3.63, 3.8) is 0 Å². The summed E-state index contributed by atoms with van der Waals surface area (Å²) in [6.45, 7) is 9.79. The van der Waals surface area contributed by atoms with Gasteiger partial charge in [-0.3, -0.25) is 4.79 Å². The van der Waals surface area contributed by atoms with E-state index in [1.54, 1.807) is 13.8 Å². The third-order valence-electron chi connectivity index (χ3n) is 1.57. The van der Waals surface area contributed by atoms with Gasteiger partial charge in [-0.1, -0.05) is 26.8 Å². The van der Waals surface area contributed by atoms with Gasteiger partial charge in [0, 0.05) is 12.1 Å². The van der Waals surface area contributed by atoms with Gasteiger partial charge in [0.05, 0.1) is 0 Å². The smallest absolute Gasteiger partial charge is 0.246 e. The van der Waals surface area contributed by atoms with E-state index in [1.165, 1.54) is 0 Å². The molecule has 0 atom stereocenters. The topological polar surface area (TPSA) is 69.6 Å². The van der Waals surface area contributed by atoms with E-state index >= 15 is 0 Å². The summed E-state index contributed by atoms with van der Waals surface area (Å²) in [7, 11) is 0. The van der Waals surface area contributed by atoms with E-state index in [9.17, 15) is 4.79 Å². The Labute approximate surface area is 92.0 Å². The van der Waals surface area contributed by atoms with Crippen LogP contribution in [0.4, 0.5) is 0 Å². The summed E-state index contributed by atoms with van der Waals surface area (Å²) in [6.07, 6.45) is 1.45. The van der Waals surface area contributed by atoms with Crippen LogP contribution in [0.3, 0.4) is 0 Å². The molecule has 4 heteroatoms. The molecule has 3 N–H and O–H groups in total. The Bertz CT molecular complexity index is 179. The molecule has 0 fully saturated rings. The van der Waals surface area contributed by atoms with Crippen molar-refractivity contribution in [2.24, 2.45) is 0 Å². The number of carbonyl (C=O) groups excluding carboxylic acids is 1. The van der Waals surface area contributed by atoms with E-state index in [4.69, 9.17) is 10.2 Å². The van der Waals surface area contributed by atoms with Gasteiger partial charge in [-0.2, -0.15) is 0 Å². The van der Waals surface area contributed by atoms with Crippen LogP contribution in [0.15, 0.2) is 12.2 Å². The second-order valence-electron chi connectivity index (χ2n) is 3.28. The van der Waals surface area contributed by atoms with Gasteiger partial charge in [-0.15, -0.1) is 0 Å². The van der Waals surface area contributed by atoms with Crippen LogP contribution >= 0.6 is 0 Å². The molecule has 90 valence electrons. The van der Waals surface area contributed by atoms with Gasteiger partial charge < -0.3 is 15.5 Å². The molecule has 0 aliphatic carbocycles. The lowest BCUT2D eigenvalue weighted by atomic mass is 10.3. The molecular formula is C11H23NO3. The fourth-order valence-electron chi connectivity index (χ4n) is 0.530. The van der Waals surface area contributed by atoms with Crippen molar-refractivity contribution in [3.05, 3.63) is 12.2 Å². The molecule has 0 bridgehead atoms. The zero-order valence-electron chi connectivity index (χ0n) is 9.92. The van der Waals surface area contributed by atoms with Gasteiger partial charge in [0.2, 0.25) is 5.91 Å². The Morgan fingerprint density at radius 3 is 2.13 bits per heavy atom. The Hall–Kier alpha value is -0.870. The number of amides is 1. The van der Waals surface area contributed by atoms with Gasteiger partial charge in [0.15, 0.2) is 6.29 Å². The lowest BCUT2D eigenvalue weighted by Gasteiger charge is -2.01. The fraction of sp³-hybridized carbons (Fsp3) is 0.727. The molecule has 1 amide bonds. The van der Waals surface area contributed by atoms with Gasteiger partial charge in [-0.25, -0.2) is 0 Å². The highest BCUT2D eigenvalue weighted by Crippen LogP contribution is 1.87. The minimum atomic E-state index is -1.12. The van der Waals surface area contributed by atoms with Gasteiger partial charge >= 0.3 is 0 Å². The molecule has 0 heterocycles. The number of nitrogens with one attached hydrogen (secondary N) is 1. The number of aliphatic hydroxyl groups is 2. The van der Waals surface area contributed by atoms with E-state index in [0.717, 1.165) is 19.4 Å². The fourth-order valence-corrected chi connectivity index (χ4v) is 0.530. The summed E-state index contributed by atoms with van der Waals surface area (Å²) in [4.78, 5) is 10.8. The number of rotatable bonds is 5. The highest BCUT2D eigenvalue weighted by molar-refractivity contribution is 5.91. The zero-order valence-corrected chi connectivity index (χ0v) is 9.92. The predicted octanol–water partition coefficient (Wildman–Crippen LogP) is 1.19. The number of carbonyl (C=O) groups is 1. The Morgan fingerprint density at radius 2 is 1.87 bits per heavy atom. The normalized spacial score (nSPS) is 9.20. The Balaban J connectivity index is 0. The number of hydrogen-bond donors (Lipinski definition) is 3. The van der Waals surface area contributed by atoms with Gasteiger partial charge in [0.1, 0.15) is 0 Å². The van der Waals surface area contributed by atoms with Crippen molar-refractivity contribution >= 4 is 5.91 Å². The Kier molecular flexibility index (Phi) is 12.4. The summed E-state index contributed by atoms with van der Waals surface area (Å²) >= 11 is 0. The molecule has 0 spiro atoms. The van der Waals surface area contributed by atoms with Crippen LogP contribution in [0.25, 0.3) is 0 Å². The summed E-state index contributed by atoms with van der Waals surface area (Å²) in [5.41, 5.74) is 0.580. The van der Waals surface area contributed by atoms with Crippen molar-refractivity contribution in [2.45, 2.75) is 46.3 Å². The largest absolute Gasteiger partial charge is 0.368 e. The standard InChI is InChI=1S/C8H15NO.C3H8O2/c1-4-5-6-9-8(10)7(2)3;1-2-3(4)5/h2,4-6H2,1,3H3,(H,9,10);3-5H,2H2,1H3. The van der Waals surface area contributed by atoms with E-state index in [2.05, 4.69) is 18.8 Å². The summed E-state index contributed by atoms with van der Waals surface area (Å²) < 4.78 is 0. The molecule has 0 aliphatic heterocycles. The van der Waals surface area contributed by atoms with Crippen molar-refractivity contribution in [2.75, 3.05) is 6.54 Å². The highest BCUT2D eigenvalue weighted by atomic mass is 16.5. The van der Waals surface area contributed by atoms with Crippen LogP contribution in [0.2, 0.25) is 0 Å². The van der Waals surface area contributed by atoms with Crippen LogP contribution in [-0.4, -0.2) is 29.0 Å². The second kappa shape index (κ2) is 11.2. The first kappa shape index (κ1) is 16.6. The summed E-state index contributed by atoms with van der Waals surface area (Å²) in [5.74, 6) is -0.0338. The minimum Gasteiger partial charge on any atom is -0.368 e. The van der Waals surface area contributed by atoms with E-state index < -0.39 is 6.29 Å². The van der Waals surface area contributed by atoms with E-state index in [0.29, 0.717) is 12.0 Å². The monoisotopic (exact) mass is 217 g/mol.